The highest BCUT2D eigenvalue weighted by atomic mass is 32.1. The molecule has 0 spiro atoms. The minimum Gasteiger partial charge on any atom is -0.392 e. The van der Waals surface area contributed by atoms with Crippen molar-refractivity contribution >= 4 is 17.2 Å². The maximum Gasteiger partial charge on any atom is 0.0928 e. The number of nitrogens with two attached hydrogens (primary N) is 1. The highest BCUT2D eigenvalue weighted by Crippen LogP contribution is 2.17. The van der Waals surface area contributed by atoms with Crippen molar-refractivity contribution in [3.05, 3.63) is 0 Å². The number of likely N-dealkylation sites (tertiary alicyclic amines) is 1. The second-order valence-corrected chi connectivity index (χ2v) is 7.09. The maximum absolute atomic E-state index is 5.86. The second-order valence-electron chi connectivity index (χ2n) is 6.65. The van der Waals surface area contributed by atoms with E-state index in [9.17, 15) is 0 Å². The zero-order chi connectivity index (χ0) is 14.6. The molecule has 20 heavy (non-hydrogen) atoms. The predicted octanol–water partition coefficient (Wildman–Crippen LogP) is 1.15. The Bertz CT molecular complexity index is 318. The van der Waals surface area contributed by atoms with Gasteiger partial charge in [-0.25, -0.2) is 0 Å². The molecule has 2 N–H and O–H groups in total. The number of piperazine rings is 1. The number of hydrogen-bond acceptors (Lipinski definition) is 4. The van der Waals surface area contributed by atoms with Crippen LogP contribution in [0.2, 0.25) is 0 Å². The lowest BCUT2D eigenvalue weighted by atomic mass is 10.0. The smallest absolute Gasteiger partial charge is 0.0928 e. The molecule has 0 atom stereocenters. The van der Waals surface area contributed by atoms with E-state index in [4.69, 9.17) is 18.0 Å². The van der Waals surface area contributed by atoms with E-state index in [-0.39, 0.29) is 5.54 Å². The molecule has 0 aromatic heterocycles. The van der Waals surface area contributed by atoms with Crippen LogP contribution in [0.4, 0.5) is 0 Å². The highest BCUT2D eigenvalue weighted by molar-refractivity contribution is 7.80. The van der Waals surface area contributed by atoms with Gasteiger partial charge in [-0.3, -0.25) is 4.90 Å². The number of hydrogen-bond donors (Lipinski definition) is 1. The van der Waals surface area contributed by atoms with E-state index in [2.05, 4.69) is 28.5 Å². The standard InChI is InChI=1S/C15H30N4S/c1-15(2,14(16)20)19-12-10-18(11-13-19)9-5-8-17-6-3-4-7-17/h3-13H2,1-2H3,(H2,16,20). The van der Waals surface area contributed by atoms with Crippen LogP contribution in [0.5, 0.6) is 0 Å². The highest BCUT2D eigenvalue weighted by Gasteiger charge is 2.32. The average molecular weight is 299 g/mol. The van der Waals surface area contributed by atoms with Gasteiger partial charge < -0.3 is 15.5 Å². The van der Waals surface area contributed by atoms with Crippen molar-refractivity contribution in [2.24, 2.45) is 5.73 Å². The minimum absolute atomic E-state index is 0.142. The first-order valence-corrected chi connectivity index (χ1v) is 8.40. The lowest BCUT2D eigenvalue weighted by molar-refractivity contribution is 0.0838. The van der Waals surface area contributed by atoms with Crippen molar-refractivity contribution in [3.8, 4) is 0 Å². The van der Waals surface area contributed by atoms with Crippen LogP contribution in [-0.4, -0.2) is 77.6 Å². The van der Waals surface area contributed by atoms with Crippen molar-refractivity contribution < 1.29 is 0 Å². The third-order valence-electron chi connectivity index (χ3n) is 4.91. The van der Waals surface area contributed by atoms with Gasteiger partial charge in [0, 0.05) is 26.2 Å². The van der Waals surface area contributed by atoms with Gasteiger partial charge in [-0.1, -0.05) is 12.2 Å². The number of thiocarbonyl (C=S) groups is 1. The van der Waals surface area contributed by atoms with Crippen LogP contribution in [0, 0.1) is 0 Å². The molecule has 116 valence electrons. The predicted molar refractivity (Wildman–Crippen MR) is 89.2 cm³/mol. The van der Waals surface area contributed by atoms with Gasteiger partial charge >= 0.3 is 0 Å². The first-order chi connectivity index (χ1) is 9.50. The molecule has 2 aliphatic rings. The van der Waals surface area contributed by atoms with Crippen molar-refractivity contribution in [2.45, 2.75) is 38.6 Å². The first-order valence-electron chi connectivity index (χ1n) is 8.00. The fourth-order valence-corrected chi connectivity index (χ4v) is 3.34. The molecule has 0 amide bonds. The molecule has 2 heterocycles. The van der Waals surface area contributed by atoms with E-state index in [1.54, 1.807) is 0 Å². The summed E-state index contributed by atoms with van der Waals surface area (Å²) in [5.74, 6) is 0. The summed E-state index contributed by atoms with van der Waals surface area (Å²) in [7, 11) is 0. The normalized spacial score (nSPS) is 23.3. The molecule has 0 aliphatic carbocycles. The van der Waals surface area contributed by atoms with Gasteiger partial charge in [-0.2, -0.15) is 0 Å². The minimum atomic E-state index is -0.142. The first kappa shape index (κ1) is 16.1. The van der Waals surface area contributed by atoms with E-state index < -0.39 is 0 Å². The Morgan fingerprint density at radius 1 is 0.950 bits per heavy atom. The van der Waals surface area contributed by atoms with Gasteiger partial charge in [-0.05, 0) is 59.3 Å². The van der Waals surface area contributed by atoms with Crippen molar-refractivity contribution in [2.75, 3.05) is 52.4 Å². The van der Waals surface area contributed by atoms with Crippen LogP contribution in [-0.2, 0) is 0 Å². The van der Waals surface area contributed by atoms with Gasteiger partial charge in [-0.15, -0.1) is 0 Å². The van der Waals surface area contributed by atoms with Gasteiger partial charge in [0.05, 0.1) is 10.5 Å². The Morgan fingerprint density at radius 2 is 1.45 bits per heavy atom. The van der Waals surface area contributed by atoms with E-state index in [1.807, 2.05) is 0 Å². The van der Waals surface area contributed by atoms with Crippen LogP contribution in [0.25, 0.3) is 0 Å². The number of rotatable bonds is 6. The van der Waals surface area contributed by atoms with Crippen LogP contribution in [0.15, 0.2) is 0 Å². The Hall–Kier alpha value is -0.230. The van der Waals surface area contributed by atoms with E-state index in [0.29, 0.717) is 4.99 Å². The van der Waals surface area contributed by atoms with Gasteiger partial charge in [0.2, 0.25) is 0 Å². The van der Waals surface area contributed by atoms with Crippen molar-refractivity contribution in [1.29, 1.82) is 0 Å². The lowest BCUT2D eigenvalue weighted by Crippen LogP contribution is -2.59. The number of nitrogens with zero attached hydrogens (tertiary/aromatic N) is 3. The Labute approximate surface area is 129 Å². The van der Waals surface area contributed by atoms with E-state index in [1.165, 1.54) is 45.4 Å². The summed E-state index contributed by atoms with van der Waals surface area (Å²) >= 11 is 5.19. The van der Waals surface area contributed by atoms with E-state index >= 15 is 0 Å². The Balaban J connectivity index is 1.65. The summed E-state index contributed by atoms with van der Waals surface area (Å²) < 4.78 is 0. The fraction of sp³-hybridized carbons (Fsp3) is 0.933. The molecule has 0 aromatic carbocycles. The van der Waals surface area contributed by atoms with Gasteiger partial charge in [0.25, 0.3) is 0 Å². The molecule has 0 radical (unpaired) electrons. The summed E-state index contributed by atoms with van der Waals surface area (Å²) in [6.45, 7) is 13.9. The molecule has 0 bridgehead atoms. The van der Waals surface area contributed by atoms with Crippen LogP contribution >= 0.6 is 12.2 Å². The van der Waals surface area contributed by atoms with E-state index in [0.717, 1.165) is 26.2 Å². The molecule has 0 saturated carbocycles. The quantitative estimate of drug-likeness (QED) is 0.745. The summed E-state index contributed by atoms with van der Waals surface area (Å²) in [4.78, 5) is 8.22. The molecule has 0 aromatic rings. The van der Waals surface area contributed by atoms with Crippen molar-refractivity contribution in [1.82, 2.24) is 14.7 Å². The zero-order valence-electron chi connectivity index (χ0n) is 13.1. The molecule has 4 nitrogen and oxygen atoms in total. The fourth-order valence-electron chi connectivity index (χ4n) is 3.21. The lowest BCUT2D eigenvalue weighted by Gasteiger charge is -2.43. The molecule has 2 saturated heterocycles. The van der Waals surface area contributed by atoms with Crippen LogP contribution < -0.4 is 5.73 Å². The van der Waals surface area contributed by atoms with Crippen molar-refractivity contribution in [3.63, 3.8) is 0 Å². The average Bonchev–Trinajstić information content (AvgIpc) is 2.92. The Morgan fingerprint density at radius 3 is 1.95 bits per heavy atom. The maximum atomic E-state index is 5.86. The molecule has 0 unspecified atom stereocenters. The Kier molecular flexibility index (Phi) is 5.78. The molecule has 5 heteroatoms. The molecular formula is C15H30N4S. The summed E-state index contributed by atoms with van der Waals surface area (Å²) in [5.41, 5.74) is 5.71. The molecule has 2 fully saturated rings. The third kappa shape index (κ3) is 4.13. The van der Waals surface area contributed by atoms with Gasteiger partial charge in [0.15, 0.2) is 0 Å². The van der Waals surface area contributed by atoms with Crippen LogP contribution in [0.3, 0.4) is 0 Å². The monoisotopic (exact) mass is 298 g/mol. The summed E-state index contributed by atoms with van der Waals surface area (Å²) in [6.07, 6.45) is 4.10. The van der Waals surface area contributed by atoms with Gasteiger partial charge in [0.1, 0.15) is 0 Å². The molecule has 2 rings (SSSR count). The summed E-state index contributed by atoms with van der Waals surface area (Å²) in [5, 5.41) is 0. The SMILES string of the molecule is CC(C)(C(N)=S)N1CCN(CCCN2CCCC2)CC1. The third-order valence-corrected chi connectivity index (χ3v) is 5.41. The molecular weight excluding hydrogens is 268 g/mol. The second kappa shape index (κ2) is 7.16. The zero-order valence-corrected chi connectivity index (χ0v) is 13.9. The topological polar surface area (TPSA) is 35.7 Å². The van der Waals surface area contributed by atoms with Crippen LogP contribution in [0.1, 0.15) is 33.1 Å². The molecule has 2 aliphatic heterocycles. The summed E-state index contributed by atoms with van der Waals surface area (Å²) in [6, 6.07) is 0. The largest absolute Gasteiger partial charge is 0.392 e.